The van der Waals surface area contributed by atoms with Gasteiger partial charge in [-0.15, -0.1) is 5.10 Å². The number of hydrogen-bond donors (Lipinski definition) is 0. The van der Waals surface area contributed by atoms with E-state index in [-0.39, 0.29) is 16.9 Å². The van der Waals surface area contributed by atoms with Crippen molar-refractivity contribution in [1.29, 1.82) is 0 Å². The molecule has 0 spiro atoms. The zero-order valence-corrected chi connectivity index (χ0v) is 14.8. The number of ketones is 1. The number of carbonyl (C=O) groups excluding carboxylic acids is 1. The maximum absolute atomic E-state index is 13.7. The van der Waals surface area contributed by atoms with Crippen LogP contribution in [0.3, 0.4) is 0 Å². The number of hydrogen-bond acceptors (Lipinski definition) is 3. The summed E-state index contributed by atoms with van der Waals surface area (Å²) in [5.41, 5.74) is -1.82. The highest BCUT2D eigenvalue weighted by atomic mass is 19.4. The lowest BCUT2D eigenvalue weighted by atomic mass is 10.1. The summed E-state index contributed by atoms with van der Waals surface area (Å²) in [6, 6.07) is 9.19. The summed E-state index contributed by atoms with van der Waals surface area (Å²) in [6.07, 6.45) is -9.34. The molecular formula is C19H13F6N3O. The quantitative estimate of drug-likeness (QED) is 0.435. The molecule has 10 heteroatoms. The largest absolute Gasteiger partial charge is 0.435 e. The second kappa shape index (κ2) is 7.34. The Hall–Kier alpha value is -3.17. The third-order valence-electron chi connectivity index (χ3n) is 4.18. The summed E-state index contributed by atoms with van der Waals surface area (Å²) in [4.78, 5) is 11.3. The Balaban J connectivity index is 1.97. The highest BCUT2D eigenvalue weighted by Crippen LogP contribution is 2.36. The molecule has 2 aromatic carbocycles. The minimum atomic E-state index is -4.80. The van der Waals surface area contributed by atoms with E-state index >= 15 is 0 Å². The molecule has 0 aliphatic heterocycles. The van der Waals surface area contributed by atoms with Gasteiger partial charge in [-0.05, 0) is 24.6 Å². The number of nitrogens with zero attached hydrogens (tertiary/aromatic N) is 3. The molecule has 0 N–H and O–H groups in total. The van der Waals surface area contributed by atoms with E-state index in [2.05, 4.69) is 10.3 Å². The van der Waals surface area contributed by atoms with Gasteiger partial charge in [-0.1, -0.05) is 41.6 Å². The van der Waals surface area contributed by atoms with Gasteiger partial charge in [0.2, 0.25) is 0 Å². The van der Waals surface area contributed by atoms with Crippen molar-refractivity contribution in [3.8, 4) is 11.3 Å². The minimum absolute atomic E-state index is 0.112. The second-order valence-electron chi connectivity index (χ2n) is 6.27. The second-order valence-corrected chi connectivity index (χ2v) is 6.27. The Labute approximate surface area is 160 Å². The monoisotopic (exact) mass is 413 g/mol. The van der Waals surface area contributed by atoms with Crippen LogP contribution < -0.4 is 0 Å². The first-order valence-corrected chi connectivity index (χ1v) is 8.25. The smallest absolute Gasteiger partial charge is 0.295 e. The molecule has 3 rings (SSSR count). The molecule has 4 nitrogen and oxygen atoms in total. The Morgan fingerprint density at radius 1 is 0.897 bits per heavy atom. The molecule has 0 fully saturated rings. The van der Waals surface area contributed by atoms with E-state index in [1.54, 1.807) is 0 Å². The van der Waals surface area contributed by atoms with Crippen molar-refractivity contribution >= 4 is 5.78 Å². The predicted octanol–water partition coefficient (Wildman–Crippen LogP) is 5.23. The number of halogens is 6. The summed E-state index contributed by atoms with van der Waals surface area (Å²) in [5.74, 6) is -0.237. The average molecular weight is 413 g/mol. The van der Waals surface area contributed by atoms with Crippen LogP contribution in [0.2, 0.25) is 0 Å². The van der Waals surface area contributed by atoms with Gasteiger partial charge >= 0.3 is 12.4 Å². The standard InChI is InChI=1S/C19H13F6N3O/c1-11(29)13-4-6-14(7-5-13)16-17(19(23,24)25)28(27-26-16)10-12-2-8-15(9-3-12)18(20,21)22/h2-9H,10H2,1H3. The molecule has 0 bridgehead atoms. The van der Waals surface area contributed by atoms with Crippen LogP contribution in [0.25, 0.3) is 11.3 Å². The van der Waals surface area contributed by atoms with Crippen molar-refractivity contribution in [2.45, 2.75) is 25.8 Å². The zero-order valence-electron chi connectivity index (χ0n) is 14.8. The first-order valence-electron chi connectivity index (χ1n) is 8.25. The van der Waals surface area contributed by atoms with Crippen molar-refractivity contribution in [3.63, 3.8) is 0 Å². The zero-order chi connectivity index (χ0) is 21.4. The van der Waals surface area contributed by atoms with Crippen molar-refractivity contribution in [2.24, 2.45) is 0 Å². The molecule has 1 aromatic heterocycles. The van der Waals surface area contributed by atoms with Crippen LogP contribution in [0.4, 0.5) is 26.3 Å². The minimum Gasteiger partial charge on any atom is -0.295 e. The van der Waals surface area contributed by atoms with Gasteiger partial charge in [0.25, 0.3) is 0 Å². The molecule has 0 radical (unpaired) electrons. The SMILES string of the molecule is CC(=O)c1ccc(-c2nnn(Cc3ccc(C(F)(F)F)cc3)c2C(F)(F)F)cc1. The number of rotatable bonds is 4. The topological polar surface area (TPSA) is 47.8 Å². The lowest BCUT2D eigenvalue weighted by molar-refractivity contribution is -0.143. The van der Waals surface area contributed by atoms with Crippen LogP contribution in [-0.2, 0) is 18.9 Å². The summed E-state index contributed by atoms with van der Waals surface area (Å²) in [6.45, 7) is 0.919. The maximum Gasteiger partial charge on any atom is 0.435 e. The van der Waals surface area contributed by atoms with E-state index in [9.17, 15) is 31.1 Å². The van der Waals surface area contributed by atoms with Crippen molar-refractivity contribution in [3.05, 3.63) is 70.9 Å². The van der Waals surface area contributed by atoms with Gasteiger partial charge in [0.05, 0.1) is 12.1 Å². The Morgan fingerprint density at radius 2 is 1.48 bits per heavy atom. The van der Waals surface area contributed by atoms with Crippen LogP contribution in [0.5, 0.6) is 0 Å². The van der Waals surface area contributed by atoms with Gasteiger partial charge < -0.3 is 0 Å². The molecular weight excluding hydrogens is 400 g/mol. The van der Waals surface area contributed by atoms with Crippen LogP contribution in [0.1, 0.15) is 34.1 Å². The van der Waals surface area contributed by atoms with Crippen LogP contribution in [-0.4, -0.2) is 20.8 Å². The first kappa shape index (κ1) is 20.6. The van der Waals surface area contributed by atoms with E-state index in [1.165, 1.54) is 31.2 Å². The molecule has 0 aliphatic carbocycles. The van der Waals surface area contributed by atoms with Crippen LogP contribution >= 0.6 is 0 Å². The van der Waals surface area contributed by atoms with Gasteiger partial charge in [0.15, 0.2) is 11.5 Å². The van der Waals surface area contributed by atoms with Gasteiger partial charge in [-0.2, -0.15) is 26.3 Å². The van der Waals surface area contributed by atoms with Gasteiger partial charge in [0.1, 0.15) is 5.69 Å². The molecule has 1 heterocycles. The molecule has 0 saturated heterocycles. The van der Waals surface area contributed by atoms with E-state index in [0.717, 1.165) is 24.3 Å². The predicted molar refractivity (Wildman–Crippen MR) is 91.0 cm³/mol. The first-order chi connectivity index (χ1) is 13.5. The summed E-state index contributed by atoms with van der Waals surface area (Å²) >= 11 is 0. The molecule has 0 atom stereocenters. The van der Waals surface area contributed by atoms with Gasteiger partial charge in [0, 0.05) is 11.1 Å². The fourth-order valence-electron chi connectivity index (χ4n) is 2.73. The molecule has 0 amide bonds. The fourth-order valence-corrected chi connectivity index (χ4v) is 2.73. The maximum atomic E-state index is 13.7. The summed E-state index contributed by atoms with van der Waals surface area (Å²) in [5, 5.41) is 7.15. The van der Waals surface area contributed by atoms with E-state index < -0.39 is 35.8 Å². The summed E-state index contributed by atoms with van der Waals surface area (Å²) in [7, 11) is 0. The highest BCUT2D eigenvalue weighted by Gasteiger charge is 2.40. The number of benzene rings is 2. The number of Topliss-reactive ketones (excluding diaryl/α,β-unsaturated/α-hetero) is 1. The Kier molecular flexibility index (Phi) is 5.20. The lowest BCUT2D eigenvalue weighted by Crippen LogP contribution is -2.16. The fraction of sp³-hybridized carbons (Fsp3) is 0.211. The molecule has 0 saturated carbocycles. The molecule has 0 unspecified atom stereocenters. The molecule has 3 aromatic rings. The number of aromatic nitrogens is 3. The van der Waals surface area contributed by atoms with Gasteiger partial charge in [-0.3, -0.25) is 4.79 Å². The summed E-state index contributed by atoms with van der Waals surface area (Å²) < 4.78 is 79.5. The normalized spacial score (nSPS) is 12.2. The lowest BCUT2D eigenvalue weighted by Gasteiger charge is -2.12. The van der Waals surface area contributed by atoms with Crippen LogP contribution in [0, 0.1) is 0 Å². The molecule has 152 valence electrons. The van der Waals surface area contributed by atoms with Crippen molar-refractivity contribution in [2.75, 3.05) is 0 Å². The average Bonchev–Trinajstić information content (AvgIpc) is 3.05. The van der Waals surface area contributed by atoms with E-state index in [1.807, 2.05) is 0 Å². The number of carbonyl (C=O) groups is 1. The Morgan fingerprint density at radius 3 is 1.97 bits per heavy atom. The van der Waals surface area contributed by atoms with Crippen molar-refractivity contribution < 1.29 is 31.1 Å². The third kappa shape index (κ3) is 4.47. The number of alkyl halides is 6. The van der Waals surface area contributed by atoms with E-state index in [0.29, 0.717) is 10.2 Å². The van der Waals surface area contributed by atoms with Crippen molar-refractivity contribution in [1.82, 2.24) is 15.0 Å². The van der Waals surface area contributed by atoms with Gasteiger partial charge in [-0.25, -0.2) is 4.68 Å². The van der Waals surface area contributed by atoms with E-state index in [4.69, 9.17) is 0 Å². The third-order valence-corrected chi connectivity index (χ3v) is 4.18. The molecule has 0 aliphatic rings. The molecule has 29 heavy (non-hydrogen) atoms. The highest BCUT2D eigenvalue weighted by molar-refractivity contribution is 5.94. The Bertz CT molecular complexity index is 1020. The van der Waals surface area contributed by atoms with Crippen LogP contribution in [0.15, 0.2) is 48.5 Å².